The quantitative estimate of drug-likeness (QED) is 0.570. The summed E-state index contributed by atoms with van der Waals surface area (Å²) in [7, 11) is 0. The summed E-state index contributed by atoms with van der Waals surface area (Å²) in [5, 5.41) is 8.75. The van der Waals surface area contributed by atoms with Crippen molar-refractivity contribution < 1.29 is 0 Å². The number of rotatable bonds is 2. The van der Waals surface area contributed by atoms with E-state index in [1.165, 1.54) is 35.1 Å². The molecule has 110 valence electrons. The van der Waals surface area contributed by atoms with Crippen molar-refractivity contribution in [2.24, 2.45) is 0 Å². The zero-order valence-electron chi connectivity index (χ0n) is 12.6. The zero-order chi connectivity index (χ0) is 15.2. The molecular weight excluding hydrogens is 258 g/mol. The fraction of sp³-hybridized carbons (Fsp3) is 0.278. The summed E-state index contributed by atoms with van der Waals surface area (Å²) in [5.74, 6) is 0. The van der Waals surface area contributed by atoms with Gasteiger partial charge in [0.2, 0.25) is 0 Å². The second-order valence-corrected chi connectivity index (χ2v) is 5.16. The molecule has 1 aromatic rings. The molecular formula is C18H23N3. The summed E-state index contributed by atoms with van der Waals surface area (Å²) in [4.78, 5) is 0. The SMILES string of the molecule is C=N.CC/C=C1/C=C(c2ccc3c(c2N)CCC3)C=CN1. The van der Waals surface area contributed by atoms with Crippen LogP contribution in [0.15, 0.2) is 42.3 Å². The van der Waals surface area contributed by atoms with Crippen LogP contribution in [0.5, 0.6) is 0 Å². The van der Waals surface area contributed by atoms with Crippen LogP contribution in [0.3, 0.4) is 0 Å². The molecule has 0 radical (unpaired) electrons. The molecule has 3 heteroatoms. The smallest absolute Gasteiger partial charge is 0.0429 e. The van der Waals surface area contributed by atoms with Gasteiger partial charge in [-0.25, -0.2) is 0 Å². The Morgan fingerprint density at radius 2 is 2.14 bits per heavy atom. The third-order valence-corrected chi connectivity index (χ3v) is 3.89. The number of nitrogens with two attached hydrogens (primary N) is 1. The number of benzene rings is 1. The summed E-state index contributed by atoms with van der Waals surface area (Å²) >= 11 is 0. The number of hydrogen-bond donors (Lipinski definition) is 3. The van der Waals surface area contributed by atoms with E-state index in [-0.39, 0.29) is 0 Å². The minimum Gasteiger partial charge on any atom is -0.398 e. The molecule has 21 heavy (non-hydrogen) atoms. The zero-order valence-corrected chi connectivity index (χ0v) is 12.6. The first kappa shape index (κ1) is 15.1. The monoisotopic (exact) mass is 281 g/mol. The molecule has 1 aliphatic carbocycles. The summed E-state index contributed by atoms with van der Waals surface area (Å²) < 4.78 is 0. The highest BCUT2D eigenvalue weighted by Crippen LogP contribution is 2.34. The molecule has 1 aliphatic heterocycles. The standard InChI is InChI=1S/C17H20N2.CH3N/c1-2-4-14-11-13(9-10-19-14)16-8-7-12-5-3-6-15(12)17(16)18;1-2/h4,7-11,19H,2-3,5-6,18H2,1H3;2H,1H2/b14-4-;. The fourth-order valence-electron chi connectivity index (χ4n) is 2.94. The van der Waals surface area contributed by atoms with Gasteiger partial charge in [-0.15, -0.1) is 0 Å². The van der Waals surface area contributed by atoms with Gasteiger partial charge in [0.15, 0.2) is 0 Å². The number of fused-ring (bicyclic) bond motifs is 1. The molecule has 0 aromatic heterocycles. The van der Waals surface area contributed by atoms with E-state index in [1.807, 2.05) is 6.20 Å². The third-order valence-electron chi connectivity index (χ3n) is 3.89. The predicted molar refractivity (Wildman–Crippen MR) is 91.3 cm³/mol. The number of anilines is 1. The van der Waals surface area contributed by atoms with E-state index in [0.29, 0.717) is 0 Å². The number of allylic oxidation sites excluding steroid dienone is 4. The van der Waals surface area contributed by atoms with Gasteiger partial charge in [0.1, 0.15) is 0 Å². The molecule has 2 aliphatic rings. The Bertz CT molecular complexity index is 609. The second kappa shape index (κ2) is 6.93. The highest BCUT2D eigenvalue weighted by atomic mass is 14.8. The van der Waals surface area contributed by atoms with Crippen molar-refractivity contribution in [2.75, 3.05) is 5.73 Å². The van der Waals surface area contributed by atoms with Crippen molar-refractivity contribution in [3.63, 3.8) is 0 Å². The van der Waals surface area contributed by atoms with E-state index < -0.39 is 0 Å². The Morgan fingerprint density at radius 1 is 1.33 bits per heavy atom. The average Bonchev–Trinajstić information content (AvgIpc) is 3.00. The Labute approximate surface area is 126 Å². The molecule has 3 nitrogen and oxygen atoms in total. The first-order valence-electron chi connectivity index (χ1n) is 7.40. The first-order valence-corrected chi connectivity index (χ1v) is 7.40. The van der Waals surface area contributed by atoms with Gasteiger partial charge >= 0.3 is 0 Å². The Hall–Kier alpha value is -2.29. The van der Waals surface area contributed by atoms with Gasteiger partial charge in [-0.05, 0) is 61.3 Å². The van der Waals surface area contributed by atoms with Gasteiger partial charge in [-0.3, -0.25) is 0 Å². The molecule has 0 atom stereocenters. The lowest BCUT2D eigenvalue weighted by Crippen LogP contribution is -2.08. The number of hydrogen-bond acceptors (Lipinski definition) is 3. The molecule has 0 spiro atoms. The van der Waals surface area contributed by atoms with E-state index in [9.17, 15) is 0 Å². The third kappa shape index (κ3) is 3.07. The first-order chi connectivity index (χ1) is 10.3. The molecule has 0 saturated carbocycles. The van der Waals surface area contributed by atoms with Crippen LogP contribution >= 0.6 is 0 Å². The molecule has 0 unspecified atom stereocenters. The average molecular weight is 281 g/mol. The Kier molecular flexibility index (Phi) is 4.99. The lowest BCUT2D eigenvalue weighted by molar-refractivity contribution is 0.912. The van der Waals surface area contributed by atoms with Crippen LogP contribution in [-0.4, -0.2) is 6.72 Å². The number of aryl methyl sites for hydroxylation is 1. The predicted octanol–water partition coefficient (Wildman–Crippen LogP) is 3.82. The Balaban J connectivity index is 0.000000774. The normalized spacial score (nSPS) is 17.6. The second-order valence-electron chi connectivity index (χ2n) is 5.16. The maximum absolute atomic E-state index is 6.37. The molecule has 0 amide bonds. The number of nitrogen functional groups attached to an aromatic ring is 1. The van der Waals surface area contributed by atoms with Crippen molar-refractivity contribution in [1.82, 2.24) is 5.32 Å². The van der Waals surface area contributed by atoms with Crippen molar-refractivity contribution in [1.29, 1.82) is 5.41 Å². The van der Waals surface area contributed by atoms with Crippen molar-refractivity contribution >= 4 is 18.0 Å². The Morgan fingerprint density at radius 3 is 2.90 bits per heavy atom. The summed E-state index contributed by atoms with van der Waals surface area (Å²) in [6.07, 6.45) is 13.0. The maximum Gasteiger partial charge on any atom is 0.0429 e. The molecule has 0 bridgehead atoms. The topological polar surface area (TPSA) is 61.9 Å². The fourth-order valence-corrected chi connectivity index (χ4v) is 2.94. The van der Waals surface area contributed by atoms with Crippen LogP contribution in [0.25, 0.3) is 5.57 Å². The maximum atomic E-state index is 6.37. The minimum atomic E-state index is 0.976. The highest BCUT2D eigenvalue weighted by molar-refractivity contribution is 5.85. The van der Waals surface area contributed by atoms with E-state index >= 15 is 0 Å². The van der Waals surface area contributed by atoms with E-state index in [1.54, 1.807) is 0 Å². The molecule has 1 aromatic carbocycles. The van der Waals surface area contributed by atoms with Crippen molar-refractivity contribution in [3.8, 4) is 0 Å². The van der Waals surface area contributed by atoms with Crippen LogP contribution in [0.1, 0.15) is 36.5 Å². The summed E-state index contributed by atoms with van der Waals surface area (Å²) in [6, 6.07) is 4.42. The van der Waals surface area contributed by atoms with Crippen LogP contribution in [0.2, 0.25) is 0 Å². The summed E-state index contributed by atoms with van der Waals surface area (Å²) in [5.41, 5.74) is 13.7. The molecule has 0 fully saturated rings. The molecule has 0 saturated heterocycles. The van der Waals surface area contributed by atoms with Crippen LogP contribution in [-0.2, 0) is 12.8 Å². The van der Waals surface area contributed by atoms with Gasteiger partial charge in [0.25, 0.3) is 0 Å². The van der Waals surface area contributed by atoms with E-state index in [4.69, 9.17) is 11.1 Å². The van der Waals surface area contributed by atoms with Crippen molar-refractivity contribution in [2.45, 2.75) is 32.6 Å². The minimum absolute atomic E-state index is 0.976. The lowest BCUT2D eigenvalue weighted by atomic mass is 9.96. The van der Waals surface area contributed by atoms with Gasteiger partial charge in [-0.1, -0.05) is 25.1 Å². The van der Waals surface area contributed by atoms with Gasteiger partial charge in [-0.2, -0.15) is 0 Å². The highest BCUT2D eigenvalue weighted by Gasteiger charge is 2.17. The molecule has 4 N–H and O–H groups in total. The van der Waals surface area contributed by atoms with E-state index in [2.05, 4.69) is 49.3 Å². The van der Waals surface area contributed by atoms with Crippen LogP contribution in [0, 0.1) is 5.41 Å². The van der Waals surface area contributed by atoms with Gasteiger partial charge in [0, 0.05) is 23.1 Å². The van der Waals surface area contributed by atoms with Crippen molar-refractivity contribution in [3.05, 3.63) is 58.9 Å². The van der Waals surface area contributed by atoms with Gasteiger partial charge in [0.05, 0.1) is 0 Å². The van der Waals surface area contributed by atoms with Gasteiger partial charge < -0.3 is 16.5 Å². The molecule has 1 heterocycles. The van der Waals surface area contributed by atoms with E-state index in [0.717, 1.165) is 24.2 Å². The lowest BCUT2D eigenvalue weighted by Gasteiger charge is -2.15. The van der Waals surface area contributed by atoms with Crippen LogP contribution in [0.4, 0.5) is 5.69 Å². The number of nitrogens with one attached hydrogen (secondary N) is 2. The molecule has 3 rings (SSSR count). The largest absolute Gasteiger partial charge is 0.398 e. The van der Waals surface area contributed by atoms with Crippen LogP contribution < -0.4 is 11.1 Å². The summed E-state index contributed by atoms with van der Waals surface area (Å²) in [6.45, 7) is 4.64. The number of dihydropyridines is 1.